The van der Waals surface area contributed by atoms with Gasteiger partial charge in [-0.05, 0) is 24.3 Å². The molecule has 2 aromatic rings. The van der Waals surface area contributed by atoms with Crippen molar-refractivity contribution in [3.8, 4) is 11.5 Å². The number of amides is 1. The van der Waals surface area contributed by atoms with Crippen molar-refractivity contribution in [1.82, 2.24) is 5.32 Å². The molecule has 0 aromatic heterocycles. The van der Waals surface area contributed by atoms with E-state index in [1.807, 2.05) is 18.2 Å². The Labute approximate surface area is 151 Å². The average molecular weight is 367 g/mol. The zero-order chi connectivity index (χ0) is 16.8. The molecule has 1 aliphatic heterocycles. The lowest BCUT2D eigenvalue weighted by molar-refractivity contribution is -0.117. The lowest BCUT2D eigenvalue weighted by Gasteiger charge is -2.23. The normalized spacial score (nSPS) is 16.6. The highest BCUT2D eigenvalue weighted by atomic mass is 35.5. The van der Waals surface area contributed by atoms with Gasteiger partial charge in [-0.25, -0.2) is 4.39 Å². The van der Waals surface area contributed by atoms with Crippen LogP contribution < -0.4 is 15.4 Å². The summed E-state index contributed by atoms with van der Waals surface area (Å²) in [6.07, 6.45) is 0.207. The maximum atomic E-state index is 14.2. The number of ether oxygens (including phenoxy) is 2. The van der Waals surface area contributed by atoms with E-state index in [9.17, 15) is 9.18 Å². The van der Waals surface area contributed by atoms with Crippen LogP contribution in [-0.2, 0) is 9.53 Å². The van der Waals surface area contributed by atoms with Gasteiger partial charge >= 0.3 is 0 Å². The fourth-order valence-electron chi connectivity index (χ4n) is 2.49. The summed E-state index contributed by atoms with van der Waals surface area (Å²) in [6.45, 7) is 1.82. The molecule has 1 aliphatic rings. The molecule has 2 N–H and O–H groups in total. The minimum atomic E-state index is -0.537. The first kappa shape index (κ1) is 19.2. The van der Waals surface area contributed by atoms with Crippen LogP contribution in [0.3, 0.4) is 0 Å². The lowest BCUT2D eigenvalue weighted by Crippen LogP contribution is -2.43. The molecule has 1 fully saturated rings. The first-order chi connectivity index (χ1) is 11.7. The fourth-order valence-corrected chi connectivity index (χ4v) is 2.49. The number of carbonyl (C=O) groups is 1. The van der Waals surface area contributed by atoms with Crippen LogP contribution in [0.5, 0.6) is 11.5 Å². The molecule has 1 atom stereocenters. The van der Waals surface area contributed by atoms with Crippen molar-refractivity contribution < 1.29 is 18.7 Å². The van der Waals surface area contributed by atoms with E-state index in [0.717, 1.165) is 0 Å². The van der Waals surface area contributed by atoms with E-state index >= 15 is 0 Å². The zero-order valence-corrected chi connectivity index (χ0v) is 14.4. The molecular weight excluding hydrogens is 347 g/mol. The molecule has 1 amide bonds. The molecule has 1 saturated heterocycles. The van der Waals surface area contributed by atoms with Crippen molar-refractivity contribution in [1.29, 1.82) is 0 Å². The van der Waals surface area contributed by atoms with Gasteiger partial charge in [-0.1, -0.05) is 24.3 Å². The van der Waals surface area contributed by atoms with Gasteiger partial charge in [0.25, 0.3) is 0 Å². The van der Waals surface area contributed by atoms with E-state index < -0.39 is 5.82 Å². The van der Waals surface area contributed by atoms with Crippen molar-refractivity contribution in [3.05, 3.63) is 54.3 Å². The topological polar surface area (TPSA) is 59.6 Å². The summed E-state index contributed by atoms with van der Waals surface area (Å²) in [6, 6.07) is 13.4. The number of halogens is 2. The van der Waals surface area contributed by atoms with Crippen LogP contribution in [0.15, 0.2) is 48.5 Å². The van der Waals surface area contributed by atoms with Gasteiger partial charge in [-0.15, -0.1) is 12.4 Å². The van der Waals surface area contributed by atoms with Crippen LogP contribution in [-0.4, -0.2) is 31.7 Å². The Kier molecular flexibility index (Phi) is 7.18. The smallest absolute Gasteiger partial charge is 0.226 e. The Morgan fingerprint density at radius 2 is 2.04 bits per heavy atom. The Bertz CT molecular complexity index is 694. The van der Waals surface area contributed by atoms with E-state index in [1.165, 1.54) is 6.07 Å². The van der Waals surface area contributed by atoms with Crippen LogP contribution in [0.4, 0.5) is 10.1 Å². The van der Waals surface area contributed by atoms with E-state index in [0.29, 0.717) is 25.5 Å². The van der Waals surface area contributed by atoms with Crippen molar-refractivity contribution in [2.45, 2.75) is 12.5 Å². The predicted octanol–water partition coefficient (Wildman–Crippen LogP) is 3.36. The van der Waals surface area contributed by atoms with E-state index in [-0.39, 0.29) is 42.2 Å². The summed E-state index contributed by atoms with van der Waals surface area (Å²) in [5, 5.41) is 5.81. The SMILES string of the molecule is Cl.O=C(CC1COCCN1)Nc1c(F)cccc1Oc1ccccc1. The first-order valence-corrected chi connectivity index (χ1v) is 7.85. The van der Waals surface area contributed by atoms with Gasteiger partial charge < -0.3 is 20.1 Å². The minimum Gasteiger partial charge on any atom is -0.455 e. The molecule has 0 aliphatic carbocycles. The highest BCUT2D eigenvalue weighted by Crippen LogP contribution is 2.31. The zero-order valence-electron chi connectivity index (χ0n) is 13.5. The molecule has 25 heavy (non-hydrogen) atoms. The van der Waals surface area contributed by atoms with Gasteiger partial charge in [0.15, 0.2) is 11.6 Å². The molecule has 2 aromatic carbocycles. The minimum absolute atomic E-state index is 0. The maximum Gasteiger partial charge on any atom is 0.226 e. The molecule has 3 rings (SSSR count). The van der Waals surface area contributed by atoms with Crippen molar-refractivity contribution in [2.24, 2.45) is 0 Å². The summed E-state index contributed by atoms with van der Waals surface area (Å²) in [5.41, 5.74) is 0.0445. The second kappa shape index (κ2) is 9.36. The van der Waals surface area contributed by atoms with Gasteiger partial charge in [0.2, 0.25) is 5.91 Å². The molecule has 0 saturated carbocycles. The van der Waals surface area contributed by atoms with Crippen molar-refractivity contribution >= 4 is 24.0 Å². The number of anilines is 1. The van der Waals surface area contributed by atoms with Gasteiger partial charge in [0.05, 0.1) is 13.2 Å². The van der Waals surface area contributed by atoms with Gasteiger partial charge in [-0.3, -0.25) is 4.79 Å². The van der Waals surface area contributed by atoms with Gasteiger partial charge in [-0.2, -0.15) is 0 Å². The maximum absolute atomic E-state index is 14.2. The third-order valence-electron chi connectivity index (χ3n) is 3.64. The van der Waals surface area contributed by atoms with Crippen LogP contribution in [0.25, 0.3) is 0 Å². The number of morpholine rings is 1. The van der Waals surface area contributed by atoms with E-state index in [1.54, 1.807) is 24.3 Å². The molecule has 5 nitrogen and oxygen atoms in total. The first-order valence-electron chi connectivity index (χ1n) is 7.85. The summed E-state index contributed by atoms with van der Waals surface area (Å²) in [4.78, 5) is 12.2. The molecule has 1 heterocycles. The Morgan fingerprint density at radius 1 is 1.24 bits per heavy atom. The summed E-state index contributed by atoms with van der Waals surface area (Å²) < 4.78 is 25.2. The summed E-state index contributed by atoms with van der Waals surface area (Å²) in [5.74, 6) is 0.00833. The summed E-state index contributed by atoms with van der Waals surface area (Å²) >= 11 is 0. The van der Waals surface area contributed by atoms with Crippen molar-refractivity contribution in [2.75, 3.05) is 25.1 Å². The highest BCUT2D eigenvalue weighted by Gasteiger charge is 2.19. The third kappa shape index (κ3) is 5.42. The van der Waals surface area contributed by atoms with E-state index in [4.69, 9.17) is 9.47 Å². The number of hydrogen-bond donors (Lipinski definition) is 2. The number of hydrogen-bond acceptors (Lipinski definition) is 4. The number of nitrogens with one attached hydrogen (secondary N) is 2. The number of para-hydroxylation sites is 2. The predicted molar refractivity (Wildman–Crippen MR) is 96.0 cm³/mol. The van der Waals surface area contributed by atoms with Crippen LogP contribution in [0.1, 0.15) is 6.42 Å². The molecule has 0 bridgehead atoms. The van der Waals surface area contributed by atoms with Crippen LogP contribution in [0.2, 0.25) is 0 Å². The second-order valence-corrected chi connectivity index (χ2v) is 5.51. The molecule has 7 heteroatoms. The fraction of sp³-hybridized carbons (Fsp3) is 0.278. The monoisotopic (exact) mass is 366 g/mol. The largest absolute Gasteiger partial charge is 0.455 e. The third-order valence-corrected chi connectivity index (χ3v) is 3.64. The number of rotatable bonds is 5. The molecule has 1 unspecified atom stereocenters. The second-order valence-electron chi connectivity index (χ2n) is 5.51. The number of benzene rings is 2. The van der Waals surface area contributed by atoms with Crippen molar-refractivity contribution in [3.63, 3.8) is 0 Å². The quantitative estimate of drug-likeness (QED) is 0.852. The highest BCUT2D eigenvalue weighted by molar-refractivity contribution is 5.92. The average Bonchev–Trinajstić information content (AvgIpc) is 2.60. The van der Waals surface area contributed by atoms with Crippen LogP contribution in [0, 0.1) is 5.82 Å². The van der Waals surface area contributed by atoms with Crippen LogP contribution >= 0.6 is 12.4 Å². The Morgan fingerprint density at radius 3 is 2.76 bits per heavy atom. The van der Waals surface area contributed by atoms with E-state index in [2.05, 4.69) is 10.6 Å². The Balaban J connectivity index is 0.00000225. The lowest BCUT2D eigenvalue weighted by atomic mass is 10.2. The Hall–Kier alpha value is -2.15. The standard InChI is InChI=1S/C18H19FN2O3.ClH/c19-15-7-4-8-16(24-14-5-2-1-3-6-14)18(15)21-17(22)11-13-12-23-10-9-20-13;/h1-8,13,20H,9-12H2,(H,21,22);1H. The summed E-state index contributed by atoms with van der Waals surface area (Å²) in [7, 11) is 0. The molecular formula is C18H20ClFN2O3. The molecule has 0 spiro atoms. The molecule has 0 radical (unpaired) electrons. The molecule has 134 valence electrons. The van der Waals surface area contributed by atoms with Gasteiger partial charge in [0, 0.05) is 19.0 Å². The van der Waals surface area contributed by atoms with Gasteiger partial charge in [0.1, 0.15) is 11.4 Å². The number of carbonyl (C=O) groups excluding carboxylic acids is 1.